The number of hydrogen-bond donors (Lipinski definition) is 2. The van der Waals surface area contributed by atoms with E-state index in [1.807, 2.05) is 0 Å². The van der Waals surface area contributed by atoms with Crippen molar-refractivity contribution in [2.75, 3.05) is 5.32 Å². The Morgan fingerprint density at radius 1 is 1.43 bits per heavy atom. The zero-order valence-corrected chi connectivity index (χ0v) is 12.1. The molecule has 2 rings (SSSR count). The van der Waals surface area contributed by atoms with Gasteiger partial charge in [-0.2, -0.15) is 0 Å². The third kappa shape index (κ3) is 3.34. The monoisotopic (exact) mass is 331 g/mol. The normalized spacial score (nSPS) is 11.5. The molecule has 1 aromatic heterocycles. The Morgan fingerprint density at radius 3 is 2.81 bits per heavy atom. The SMILES string of the molecule is C/C(=N/O)c1csc(NC(=O)c2cc(F)c(Cl)cc2F)n1. The number of carbonyl (C=O) groups is 1. The smallest absolute Gasteiger partial charge is 0.260 e. The van der Waals surface area contributed by atoms with Gasteiger partial charge in [-0.3, -0.25) is 10.1 Å². The van der Waals surface area contributed by atoms with E-state index in [4.69, 9.17) is 16.8 Å². The number of nitrogens with one attached hydrogen (secondary N) is 1. The first-order valence-electron chi connectivity index (χ1n) is 5.53. The molecule has 0 unspecified atom stereocenters. The number of rotatable bonds is 3. The first-order valence-corrected chi connectivity index (χ1v) is 6.78. The number of anilines is 1. The number of aromatic nitrogens is 1. The van der Waals surface area contributed by atoms with Gasteiger partial charge in [0.05, 0.1) is 10.6 Å². The Labute approximate surface area is 126 Å². The van der Waals surface area contributed by atoms with E-state index in [1.165, 1.54) is 6.92 Å². The van der Waals surface area contributed by atoms with Gasteiger partial charge in [-0.1, -0.05) is 16.8 Å². The number of halogens is 3. The van der Waals surface area contributed by atoms with Crippen LogP contribution in [0.2, 0.25) is 5.02 Å². The van der Waals surface area contributed by atoms with Crippen molar-refractivity contribution >= 4 is 39.7 Å². The first kappa shape index (κ1) is 15.3. The molecule has 1 heterocycles. The number of carbonyl (C=O) groups excluding carboxylic acids is 1. The van der Waals surface area contributed by atoms with Crippen LogP contribution in [0.25, 0.3) is 0 Å². The fourth-order valence-corrected chi connectivity index (χ4v) is 2.31. The highest BCUT2D eigenvalue weighted by atomic mass is 35.5. The molecule has 0 aliphatic rings. The van der Waals surface area contributed by atoms with Crippen molar-refractivity contribution in [1.29, 1.82) is 0 Å². The Balaban J connectivity index is 2.22. The summed E-state index contributed by atoms with van der Waals surface area (Å²) in [6.45, 7) is 1.52. The fraction of sp³-hybridized carbons (Fsp3) is 0.0833. The number of hydrogen-bond acceptors (Lipinski definition) is 5. The third-order valence-corrected chi connectivity index (χ3v) is 3.55. The van der Waals surface area contributed by atoms with E-state index in [1.54, 1.807) is 5.38 Å². The van der Waals surface area contributed by atoms with Crippen LogP contribution in [0, 0.1) is 11.6 Å². The van der Waals surface area contributed by atoms with Crippen molar-refractivity contribution in [3.63, 3.8) is 0 Å². The van der Waals surface area contributed by atoms with Crippen molar-refractivity contribution < 1.29 is 18.8 Å². The first-order chi connectivity index (χ1) is 9.92. The van der Waals surface area contributed by atoms with E-state index >= 15 is 0 Å². The number of oxime groups is 1. The molecule has 0 aliphatic carbocycles. The molecule has 0 fully saturated rings. The second-order valence-electron chi connectivity index (χ2n) is 3.92. The molecule has 0 bridgehead atoms. The molecule has 0 saturated heterocycles. The minimum Gasteiger partial charge on any atom is -0.411 e. The molecule has 0 spiro atoms. The van der Waals surface area contributed by atoms with Gasteiger partial charge in [0, 0.05) is 5.38 Å². The molecule has 21 heavy (non-hydrogen) atoms. The molecule has 1 aromatic carbocycles. The maximum atomic E-state index is 13.6. The van der Waals surface area contributed by atoms with E-state index in [2.05, 4.69) is 15.5 Å². The average Bonchev–Trinajstić information content (AvgIpc) is 2.90. The van der Waals surface area contributed by atoms with E-state index in [0.29, 0.717) is 11.8 Å². The predicted octanol–water partition coefficient (Wildman–Crippen LogP) is 3.53. The molecule has 1 amide bonds. The highest BCUT2D eigenvalue weighted by molar-refractivity contribution is 7.14. The molecule has 0 atom stereocenters. The van der Waals surface area contributed by atoms with Crippen LogP contribution in [0.3, 0.4) is 0 Å². The summed E-state index contributed by atoms with van der Waals surface area (Å²) in [5.41, 5.74) is 0.136. The topological polar surface area (TPSA) is 74.6 Å². The lowest BCUT2D eigenvalue weighted by Crippen LogP contribution is -2.14. The van der Waals surface area contributed by atoms with Gasteiger partial charge in [0.2, 0.25) is 0 Å². The lowest BCUT2D eigenvalue weighted by Gasteiger charge is -2.04. The zero-order chi connectivity index (χ0) is 15.6. The molecule has 0 saturated carbocycles. The average molecular weight is 332 g/mol. The zero-order valence-electron chi connectivity index (χ0n) is 10.5. The van der Waals surface area contributed by atoms with Gasteiger partial charge in [-0.25, -0.2) is 13.8 Å². The van der Waals surface area contributed by atoms with Gasteiger partial charge in [-0.05, 0) is 19.1 Å². The van der Waals surface area contributed by atoms with Crippen LogP contribution in [-0.2, 0) is 0 Å². The Kier molecular flexibility index (Phi) is 4.49. The molecular weight excluding hydrogens is 324 g/mol. The molecule has 110 valence electrons. The summed E-state index contributed by atoms with van der Waals surface area (Å²) in [4.78, 5) is 15.8. The van der Waals surface area contributed by atoms with Gasteiger partial charge in [-0.15, -0.1) is 11.3 Å². The van der Waals surface area contributed by atoms with Gasteiger partial charge in [0.1, 0.15) is 23.0 Å². The summed E-state index contributed by atoms with van der Waals surface area (Å²) in [6.07, 6.45) is 0. The van der Waals surface area contributed by atoms with Gasteiger partial charge < -0.3 is 5.21 Å². The lowest BCUT2D eigenvalue weighted by molar-refractivity contribution is 0.102. The number of benzene rings is 1. The summed E-state index contributed by atoms with van der Waals surface area (Å²) >= 11 is 6.46. The maximum Gasteiger partial charge on any atom is 0.260 e. The van der Waals surface area contributed by atoms with Crippen LogP contribution >= 0.6 is 22.9 Å². The largest absolute Gasteiger partial charge is 0.411 e. The van der Waals surface area contributed by atoms with Crippen molar-refractivity contribution in [1.82, 2.24) is 4.98 Å². The summed E-state index contributed by atoms with van der Waals surface area (Å²) < 4.78 is 26.9. The highest BCUT2D eigenvalue weighted by Gasteiger charge is 2.17. The summed E-state index contributed by atoms with van der Waals surface area (Å²) in [6, 6.07) is 1.43. The second-order valence-corrected chi connectivity index (χ2v) is 5.19. The quantitative estimate of drug-likeness (QED) is 0.391. The molecule has 0 aliphatic heterocycles. The van der Waals surface area contributed by atoms with Crippen LogP contribution in [0.15, 0.2) is 22.7 Å². The van der Waals surface area contributed by atoms with Crippen LogP contribution in [-0.4, -0.2) is 21.8 Å². The van der Waals surface area contributed by atoms with E-state index < -0.39 is 28.1 Å². The molecule has 5 nitrogen and oxygen atoms in total. The molecule has 2 aromatic rings. The van der Waals surface area contributed by atoms with Crippen molar-refractivity contribution in [3.8, 4) is 0 Å². The Hall–Kier alpha value is -2.06. The lowest BCUT2D eigenvalue weighted by atomic mass is 10.2. The van der Waals surface area contributed by atoms with Gasteiger partial charge in [0.15, 0.2) is 5.13 Å². The van der Waals surface area contributed by atoms with Crippen LogP contribution < -0.4 is 5.32 Å². The number of amides is 1. The summed E-state index contributed by atoms with van der Waals surface area (Å²) in [7, 11) is 0. The number of thiazole rings is 1. The van der Waals surface area contributed by atoms with Crippen molar-refractivity contribution in [2.24, 2.45) is 5.16 Å². The Bertz CT molecular complexity index is 733. The maximum absolute atomic E-state index is 13.6. The second kappa shape index (κ2) is 6.15. The van der Waals surface area contributed by atoms with E-state index in [9.17, 15) is 13.6 Å². The molecule has 0 radical (unpaired) electrons. The standard InChI is InChI=1S/C12H8ClF2N3O2S/c1-5(18-20)10-4-21-12(16-10)17-11(19)6-2-9(15)7(13)3-8(6)14/h2-4,20H,1H3,(H,16,17,19)/b18-5-. The molecular formula is C12H8ClF2N3O2S. The van der Waals surface area contributed by atoms with Gasteiger partial charge in [0.25, 0.3) is 5.91 Å². The van der Waals surface area contributed by atoms with Crippen LogP contribution in [0.4, 0.5) is 13.9 Å². The summed E-state index contributed by atoms with van der Waals surface area (Å²) in [5.74, 6) is -2.70. The van der Waals surface area contributed by atoms with E-state index in [0.717, 1.165) is 17.4 Å². The fourth-order valence-electron chi connectivity index (χ4n) is 1.41. The Morgan fingerprint density at radius 2 is 2.14 bits per heavy atom. The van der Waals surface area contributed by atoms with E-state index in [-0.39, 0.29) is 10.8 Å². The third-order valence-electron chi connectivity index (χ3n) is 2.50. The minimum atomic E-state index is -0.941. The van der Waals surface area contributed by atoms with Crippen molar-refractivity contribution in [2.45, 2.75) is 6.92 Å². The minimum absolute atomic E-state index is 0.160. The van der Waals surface area contributed by atoms with Crippen molar-refractivity contribution in [3.05, 3.63) is 45.4 Å². The summed E-state index contributed by atoms with van der Waals surface area (Å²) in [5, 5.41) is 15.2. The van der Waals surface area contributed by atoms with Crippen LogP contribution in [0.1, 0.15) is 23.0 Å². The van der Waals surface area contributed by atoms with Gasteiger partial charge >= 0.3 is 0 Å². The molecule has 2 N–H and O–H groups in total. The van der Waals surface area contributed by atoms with Crippen LogP contribution in [0.5, 0.6) is 0 Å². The number of nitrogens with zero attached hydrogens (tertiary/aromatic N) is 2. The highest BCUT2D eigenvalue weighted by Crippen LogP contribution is 2.21. The predicted molar refractivity (Wildman–Crippen MR) is 75.4 cm³/mol. The molecule has 9 heteroatoms.